The summed E-state index contributed by atoms with van der Waals surface area (Å²) in [6.45, 7) is 11.2. The third kappa shape index (κ3) is 7.90. The van der Waals surface area contributed by atoms with Crippen LogP contribution in [0.25, 0.3) is 6.08 Å². The molecule has 0 unspecified atom stereocenters. The fourth-order valence-electron chi connectivity index (χ4n) is 5.39. The average Bonchev–Trinajstić information content (AvgIpc) is 3.55. The molecule has 2 aliphatic rings. The molecule has 226 valence electrons. The zero-order valence-electron chi connectivity index (χ0n) is 23.9. The smallest absolute Gasteiger partial charge is 0.410 e. The Morgan fingerprint density at radius 2 is 1.90 bits per heavy atom. The Balaban J connectivity index is 1.72. The number of nitrogens with zero attached hydrogens (tertiary/aromatic N) is 2. The van der Waals surface area contributed by atoms with Crippen LogP contribution in [-0.4, -0.2) is 71.8 Å². The van der Waals surface area contributed by atoms with Crippen molar-refractivity contribution in [3.05, 3.63) is 54.1 Å². The van der Waals surface area contributed by atoms with Crippen molar-refractivity contribution >= 4 is 24.0 Å². The topological polar surface area (TPSA) is 88.2 Å². The van der Waals surface area contributed by atoms with E-state index in [4.69, 9.17) is 9.47 Å². The number of halogens is 3. The van der Waals surface area contributed by atoms with E-state index in [9.17, 15) is 27.6 Å². The molecule has 0 spiro atoms. The predicted octanol–water partition coefficient (Wildman–Crippen LogP) is 5.22. The number of nitrogens with one attached hydrogen (secondary N) is 1. The van der Waals surface area contributed by atoms with Crippen LogP contribution in [0.3, 0.4) is 0 Å². The van der Waals surface area contributed by atoms with Gasteiger partial charge in [0.25, 0.3) is 0 Å². The molecule has 1 saturated heterocycles. The lowest BCUT2D eigenvalue weighted by molar-refractivity contribution is -0.164. The number of hydrogen-bond acceptors (Lipinski definition) is 6. The van der Waals surface area contributed by atoms with Crippen LogP contribution < -0.4 is 5.32 Å². The second kappa shape index (κ2) is 14.0. The minimum absolute atomic E-state index is 0.0160. The minimum atomic E-state index is -4.56. The minimum Gasteiger partial charge on any atom is -0.467 e. The SMILES string of the molecule is C=CCCCC[C@H](N[C@H](C(=O)N1C[C@H](OC(=O)N2Cc3cccc(C=C)c3C2)C[C@H]1C(=O)OC)C(C)C)C(F)(F)F. The van der Waals surface area contributed by atoms with Gasteiger partial charge >= 0.3 is 18.2 Å². The summed E-state index contributed by atoms with van der Waals surface area (Å²) in [6.07, 6.45) is -1.37. The number of methoxy groups -OCH3 is 1. The van der Waals surface area contributed by atoms with Gasteiger partial charge in [0.1, 0.15) is 18.2 Å². The highest BCUT2D eigenvalue weighted by Gasteiger charge is 2.47. The summed E-state index contributed by atoms with van der Waals surface area (Å²) >= 11 is 0. The molecule has 3 rings (SSSR count). The highest BCUT2D eigenvalue weighted by Crippen LogP contribution is 2.30. The second-order valence-corrected chi connectivity index (χ2v) is 10.9. The van der Waals surface area contributed by atoms with Crippen molar-refractivity contribution in [2.45, 2.75) is 89.4 Å². The Hall–Kier alpha value is -3.34. The molecular weight excluding hydrogens is 539 g/mol. The zero-order valence-corrected chi connectivity index (χ0v) is 23.9. The van der Waals surface area contributed by atoms with Crippen molar-refractivity contribution in [3.8, 4) is 0 Å². The Morgan fingerprint density at radius 1 is 1.17 bits per heavy atom. The van der Waals surface area contributed by atoms with E-state index >= 15 is 0 Å². The first-order chi connectivity index (χ1) is 19.4. The predicted molar refractivity (Wildman–Crippen MR) is 148 cm³/mol. The molecule has 4 atom stereocenters. The van der Waals surface area contributed by atoms with E-state index < -0.39 is 54.3 Å². The number of esters is 1. The van der Waals surface area contributed by atoms with Gasteiger partial charge in [-0.15, -0.1) is 6.58 Å². The van der Waals surface area contributed by atoms with E-state index in [0.717, 1.165) is 16.7 Å². The van der Waals surface area contributed by atoms with E-state index in [0.29, 0.717) is 32.4 Å². The fourth-order valence-corrected chi connectivity index (χ4v) is 5.39. The number of unbranched alkanes of at least 4 members (excludes halogenated alkanes) is 2. The van der Waals surface area contributed by atoms with E-state index in [2.05, 4.69) is 18.5 Å². The maximum absolute atomic E-state index is 13.9. The standard InChI is InChI=1S/C30H40F3N3O5/c1-6-8-9-10-14-25(30(31,32)33)34-26(19(3)4)27(37)36-17-22(15-24(36)28(38)40-5)41-29(39)35-16-21-13-11-12-20(7-2)23(21)18-35/h6-7,11-13,19,22,24-26,34H,1-2,8-10,14-18H2,3-5H3/t22-,24+,25+,26+/m1/s1. The van der Waals surface area contributed by atoms with Crippen molar-refractivity contribution in [2.24, 2.45) is 5.92 Å². The number of rotatable bonds is 12. The Labute approximate surface area is 239 Å². The summed E-state index contributed by atoms with van der Waals surface area (Å²) in [5.74, 6) is -1.90. The third-order valence-electron chi connectivity index (χ3n) is 7.64. The van der Waals surface area contributed by atoms with Crippen molar-refractivity contribution in [1.82, 2.24) is 15.1 Å². The largest absolute Gasteiger partial charge is 0.467 e. The summed E-state index contributed by atoms with van der Waals surface area (Å²) in [7, 11) is 1.17. The number of likely N-dealkylation sites (tertiary alicyclic amines) is 1. The molecule has 0 aromatic heterocycles. The molecule has 0 saturated carbocycles. The van der Waals surface area contributed by atoms with Crippen molar-refractivity contribution in [3.63, 3.8) is 0 Å². The van der Waals surface area contributed by atoms with Gasteiger partial charge in [0.15, 0.2) is 0 Å². The first-order valence-corrected chi connectivity index (χ1v) is 13.9. The van der Waals surface area contributed by atoms with Crippen LogP contribution in [-0.2, 0) is 32.2 Å². The molecule has 2 amide bonds. The van der Waals surface area contributed by atoms with Gasteiger partial charge in [0.2, 0.25) is 5.91 Å². The molecule has 2 aliphatic heterocycles. The number of ether oxygens (including phenoxy) is 2. The van der Waals surface area contributed by atoms with Gasteiger partial charge in [-0.05, 0) is 41.9 Å². The Morgan fingerprint density at radius 3 is 2.51 bits per heavy atom. The maximum atomic E-state index is 13.9. The molecule has 0 radical (unpaired) electrons. The van der Waals surface area contributed by atoms with E-state index in [1.807, 2.05) is 18.2 Å². The van der Waals surface area contributed by atoms with Gasteiger partial charge in [-0.1, -0.05) is 57.2 Å². The molecule has 8 nitrogen and oxygen atoms in total. The van der Waals surface area contributed by atoms with Gasteiger partial charge < -0.3 is 14.4 Å². The molecule has 1 aromatic carbocycles. The molecule has 2 heterocycles. The lowest BCUT2D eigenvalue weighted by Crippen LogP contribution is -2.57. The zero-order chi connectivity index (χ0) is 30.3. The van der Waals surface area contributed by atoms with Crippen LogP contribution in [0.4, 0.5) is 18.0 Å². The third-order valence-corrected chi connectivity index (χ3v) is 7.64. The highest BCUT2D eigenvalue weighted by atomic mass is 19.4. The molecule has 1 N–H and O–H groups in total. The molecule has 11 heteroatoms. The second-order valence-electron chi connectivity index (χ2n) is 10.9. The number of carbonyl (C=O) groups is 3. The Kier molecular flexibility index (Phi) is 11.0. The lowest BCUT2D eigenvalue weighted by atomic mass is 9.99. The summed E-state index contributed by atoms with van der Waals surface area (Å²) in [6, 6.07) is 1.52. The molecule has 41 heavy (non-hydrogen) atoms. The van der Waals surface area contributed by atoms with Crippen molar-refractivity contribution in [1.29, 1.82) is 0 Å². The fraction of sp³-hybridized carbons (Fsp3) is 0.567. The van der Waals surface area contributed by atoms with E-state index in [1.54, 1.807) is 26.0 Å². The molecule has 1 aromatic rings. The van der Waals surface area contributed by atoms with Crippen LogP contribution >= 0.6 is 0 Å². The van der Waals surface area contributed by atoms with Crippen molar-refractivity contribution < 1.29 is 37.0 Å². The number of benzene rings is 1. The van der Waals surface area contributed by atoms with Crippen molar-refractivity contribution in [2.75, 3.05) is 13.7 Å². The van der Waals surface area contributed by atoms with Crippen LogP contribution in [0.5, 0.6) is 0 Å². The molecule has 0 aliphatic carbocycles. The first-order valence-electron chi connectivity index (χ1n) is 13.9. The van der Waals surface area contributed by atoms with Gasteiger partial charge in [-0.3, -0.25) is 15.0 Å². The molecular formula is C30H40F3N3O5. The van der Waals surface area contributed by atoms with E-state index in [-0.39, 0.29) is 19.4 Å². The average molecular weight is 580 g/mol. The molecule has 1 fully saturated rings. The molecule has 0 bridgehead atoms. The number of carbonyl (C=O) groups excluding carboxylic acids is 3. The normalized spacial score (nSPS) is 20.0. The quantitative estimate of drug-likeness (QED) is 0.208. The number of alkyl halides is 3. The van der Waals surface area contributed by atoms with Crippen LogP contribution in [0.15, 0.2) is 37.4 Å². The Bertz CT molecular complexity index is 1120. The number of allylic oxidation sites excluding steroid dienone is 1. The van der Waals surface area contributed by atoms with Gasteiger partial charge in [0, 0.05) is 13.0 Å². The van der Waals surface area contributed by atoms with Crippen LogP contribution in [0, 0.1) is 5.92 Å². The number of amides is 2. The van der Waals surface area contributed by atoms with Gasteiger partial charge in [-0.25, -0.2) is 9.59 Å². The number of fused-ring (bicyclic) bond motifs is 1. The summed E-state index contributed by atoms with van der Waals surface area (Å²) in [5.41, 5.74) is 2.88. The van der Waals surface area contributed by atoms with Crippen LogP contribution in [0.2, 0.25) is 0 Å². The number of hydrogen-bond donors (Lipinski definition) is 1. The maximum Gasteiger partial charge on any atom is 0.410 e. The summed E-state index contributed by atoms with van der Waals surface area (Å²) < 4.78 is 52.3. The first kappa shape index (κ1) is 32.2. The van der Waals surface area contributed by atoms with Crippen LogP contribution in [0.1, 0.15) is 62.6 Å². The highest BCUT2D eigenvalue weighted by molar-refractivity contribution is 5.88. The summed E-state index contributed by atoms with van der Waals surface area (Å²) in [5, 5.41) is 2.53. The monoisotopic (exact) mass is 579 g/mol. The lowest BCUT2D eigenvalue weighted by Gasteiger charge is -2.33. The van der Waals surface area contributed by atoms with E-state index in [1.165, 1.54) is 16.9 Å². The summed E-state index contributed by atoms with van der Waals surface area (Å²) in [4.78, 5) is 42.1. The van der Waals surface area contributed by atoms with Gasteiger partial charge in [-0.2, -0.15) is 13.2 Å². The van der Waals surface area contributed by atoms with Gasteiger partial charge in [0.05, 0.1) is 26.2 Å².